The maximum atomic E-state index is 16.3. The number of carbonyl (C=O) groups excluding carboxylic acids is 2. The van der Waals surface area contributed by atoms with Gasteiger partial charge < -0.3 is 29.7 Å². The van der Waals surface area contributed by atoms with E-state index in [1.807, 2.05) is 11.0 Å². The topological polar surface area (TPSA) is 80.9 Å². The Morgan fingerprint density at radius 3 is 2.37 bits per heavy atom. The first-order valence-electron chi connectivity index (χ1n) is 14.2. The van der Waals surface area contributed by atoms with Crippen molar-refractivity contribution in [3.8, 4) is 16.9 Å². The molecule has 1 fully saturated rings. The number of aromatic nitrogens is 1. The van der Waals surface area contributed by atoms with Gasteiger partial charge in [-0.05, 0) is 41.8 Å². The first-order valence-corrected chi connectivity index (χ1v) is 14.2. The number of rotatable bonds is 6. The van der Waals surface area contributed by atoms with Crippen molar-refractivity contribution in [2.24, 2.45) is 5.92 Å². The monoisotopic (exact) mass is 601 g/mol. The lowest BCUT2D eigenvalue weighted by atomic mass is 9.92. The van der Waals surface area contributed by atoms with Gasteiger partial charge in [-0.15, -0.1) is 13.2 Å². The molecule has 0 unspecified atom stereocenters. The number of piperazine rings is 1. The molecule has 2 aromatic carbocycles. The molecule has 0 spiro atoms. The van der Waals surface area contributed by atoms with Gasteiger partial charge in [-0.25, -0.2) is 4.39 Å². The Bertz CT molecular complexity index is 1570. The van der Waals surface area contributed by atoms with E-state index in [4.69, 9.17) is 0 Å². The smallest absolute Gasteiger partial charge is 0.405 e. The number of alkyl halides is 3. The molecule has 0 bridgehead atoms. The number of nitrogens with zero attached hydrogens (tertiary/aromatic N) is 3. The number of carbonyl (C=O) groups is 2. The van der Waals surface area contributed by atoms with Crippen LogP contribution in [0.5, 0.6) is 5.75 Å². The van der Waals surface area contributed by atoms with Crippen molar-refractivity contribution in [2.75, 3.05) is 58.3 Å². The molecule has 1 aromatic heterocycles. The highest BCUT2D eigenvalue weighted by molar-refractivity contribution is 6.05. The normalized spacial score (nSPS) is 16.1. The van der Waals surface area contributed by atoms with Crippen molar-refractivity contribution in [1.29, 1.82) is 0 Å². The van der Waals surface area contributed by atoms with E-state index in [2.05, 4.69) is 15.0 Å². The average Bonchev–Trinajstić information content (AvgIpc) is 3.42. The summed E-state index contributed by atoms with van der Waals surface area (Å²) in [5.74, 6) is -1.83. The molecular weight excluding hydrogens is 566 g/mol. The number of aromatic amines is 1. The van der Waals surface area contributed by atoms with E-state index in [-0.39, 0.29) is 51.7 Å². The quantitative estimate of drug-likeness (QED) is 0.377. The van der Waals surface area contributed by atoms with Crippen LogP contribution in [0.15, 0.2) is 36.4 Å². The molecule has 0 atom stereocenters. The van der Waals surface area contributed by atoms with Crippen LogP contribution in [0.3, 0.4) is 0 Å². The molecule has 3 aromatic rings. The van der Waals surface area contributed by atoms with Gasteiger partial charge in [0, 0.05) is 87.5 Å². The van der Waals surface area contributed by atoms with Gasteiger partial charge in [0.15, 0.2) is 5.82 Å². The third-order valence-corrected chi connectivity index (χ3v) is 7.75. The standard InChI is InChI=1S/C31H35F4N5O3/c1-18(2)29(41)40-11-5-6-19(17-40)22-15-23(24-16-25(30(42)38(3)4)37-28(24)27(22)32)21-8-7-20(39-12-9-36-10-13-39)14-26(21)43-31(33,34)35/h6-8,14-16,18,36-37H,5,9-13,17H2,1-4H3. The molecule has 3 heterocycles. The Morgan fingerprint density at radius 2 is 1.72 bits per heavy atom. The van der Waals surface area contributed by atoms with E-state index in [1.165, 1.54) is 23.1 Å². The number of hydrogen-bond acceptors (Lipinski definition) is 5. The molecular formula is C31H35F4N5O3. The van der Waals surface area contributed by atoms with Crippen LogP contribution in [-0.2, 0) is 4.79 Å². The minimum atomic E-state index is -4.98. The van der Waals surface area contributed by atoms with Crippen LogP contribution in [-0.4, -0.2) is 86.3 Å². The van der Waals surface area contributed by atoms with E-state index < -0.39 is 23.8 Å². The van der Waals surface area contributed by atoms with Crippen LogP contribution in [0, 0.1) is 11.7 Å². The third kappa shape index (κ3) is 6.34. The molecule has 2 N–H and O–H groups in total. The van der Waals surface area contributed by atoms with E-state index in [9.17, 15) is 22.8 Å². The number of fused-ring (bicyclic) bond motifs is 1. The number of ether oxygens (including phenoxy) is 1. The maximum Gasteiger partial charge on any atom is 0.573 e. The molecule has 2 aliphatic heterocycles. The van der Waals surface area contributed by atoms with E-state index in [0.717, 1.165) is 0 Å². The summed E-state index contributed by atoms with van der Waals surface area (Å²) in [5.41, 5.74) is 1.66. The SMILES string of the molecule is CC(C)C(=O)N1CCC=C(c2cc(-c3ccc(N4CCNCC4)cc3OC(F)(F)F)c3cc(C(=O)N(C)C)[nH]c3c2F)C1. The van der Waals surface area contributed by atoms with Crippen LogP contribution in [0.2, 0.25) is 0 Å². The second kappa shape index (κ2) is 11.9. The zero-order chi connectivity index (χ0) is 31.1. The van der Waals surface area contributed by atoms with E-state index in [1.54, 1.807) is 45.0 Å². The molecule has 1 saturated heterocycles. The summed E-state index contributed by atoms with van der Waals surface area (Å²) >= 11 is 0. The fourth-order valence-corrected chi connectivity index (χ4v) is 5.63. The number of halogens is 4. The zero-order valence-electron chi connectivity index (χ0n) is 24.6. The Labute approximate surface area is 247 Å². The van der Waals surface area contributed by atoms with Crippen molar-refractivity contribution < 1.29 is 31.9 Å². The second-order valence-corrected chi connectivity index (χ2v) is 11.4. The number of hydrogen-bond donors (Lipinski definition) is 2. The highest BCUT2D eigenvalue weighted by Gasteiger charge is 2.34. The van der Waals surface area contributed by atoms with Crippen molar-refractivity contribution in [1.82, 2.24) is 20.1 Å². The van der Waals surface area contributed by atoms with Gasteiger partial charge in [-0.1, -0.05) is 19.9 Å². The number of benzene rings is 2. The average molecular weight is 602 g/mol. The Kier molecular flexibility index (Phi) is 8.42. The molecule has 230 valence electrons. The summed E-state index contributed by atoms with van der Waals surface area (Å²) in [7, 11) is 3.10. The van der Waals surface area contributed by atoms with Crippen molar-refractivity contribution in [3.05, 3.63) is 53.5 Å². The lowest BCUT2D eigenvalue weighted by Gasteiger charge is -2.30. The van der Waals surface area contributed by atoms with Crippen LogP contribution >= 0.6 is 0 Å². The highest BCUT2D eigenvalue weighted by Crippen LogP contribution is 2.43. The minimum Gasteiger partial charge on any atom is -0.405 e. The predicted octanol–water partition coefficient (Wildman–Crippen LogP) is 5.26. The number of nitrogens with one attached hydrogen (secondary N) is 2. The molecule has 5 rings (SSSR count). The highest BCUT2D eigenvalue weighted by atomic mass is 19.4. The maximum absolute atomic E-state index is 16.3. The number of H-pyrrole nitrogens is 1. The largest absolute Gasteiger partial charge is 0.573 e. The molecule has 0 radical (unpaired) electrons. The number of anilines is 1. The van der Waals surface area contributed by atoms with Crippen LogP contribution < -0.4 is 15.0 Å². The van der Waals surface area contributed by atoms with Gasteiger partial charge in [-0.2, -0.15) is 0 Å². The molecule has 2 amide bonds. The molecule has 0 saturated carbocycles. The lowest BCUT2D eigenvalue weighted by molar-refractivity contribution is -0.274. The third-order valence-electron chi connectivity index (χ3n) is 7.75. The molecule has 8 nitrogen and oxygen atoms in total. The summed E-state index contributed by atoms with van der Waals surface area (Å²) in [5, 5.41) is 3.46. The lowest BCUT2D eigenvalue weighted by Crippen LogP contribution is -2.43. The summed E-state index contributed by atoms with van der Waals surface area (Å²) in [6.45, 7) is 6.83. The van der Waals surface area contributed by atoms with Gasteiger partial charge in [0.2, 0.25) is 5.91 Å². The second-order valence-electron chi connectivity index (χ2n) is 11.4. The molecule has 12 heteroatoms. The number of amides is 2. The van der Waals surface area contributed by atoms with Crippen LogP contribution in [0.25, 0.3) is 27.6 Å². The summed E-state index contributed by atoms with van der Waals surface area (Å²) in [6, 6.07) is 7.56. The van der Waals surface area contributed by atoms with Gasteiger partial charge in [-0.3, -0.25) is 9.59 Å². The minimum absolute atomic E-state index is 0.0185. The van der Waals surface area contributed by atoms with Gasteiger partial charge in [0.05, 0.1) is 5.52 Å². The Balaban J connectivity index is 1.71. The van der Waals surface area contributed by atoms with E-state index >= 15 is 4.39 Å². The van der Waals surface area contributed by atoms with Gasteiger partial charge in [0.25, 0.3) is 5.91 Å². The zero-order valence-corrected chi connectivity index (χ0v) is 24.6. The molecule has 0 aliphatic carbocycles. The van der Waals surface area contributed by atoms with Crippen LogP contribution in [0.4, 0.5) is 23.2 Å². The Morgan fingerprint density at radius 1 is 1.00 bits per heavy atom. The predicted molar refractivity (Wildman–Crippen MR) is 157 cm³/mol. The fourth-order valence-electron chi connectivity index (χ4n) is 5.63. The Hall–Kier alpha value is -4.06. The van der Waals surface area contributed by atoms with Gasteiger partial charge >= 0.3 is 6.36 Å². The molecule has 43 heavy (non-hydrogen) atoms. The fraction of sp³-hybridized carbons (Fsp3) is 0.419. The van der Waals surface area contributed by atoms with Crippen LogP contribution in [0.1, 0.15) is 36.3 Å². The molecule has 2 aliphatic rings. The first-order chi connectivity index (χ1) is 20.3. The first kappa shape index (κ1) is 30.4. The summed E-state index contributed by atoms with van der Waals surface area (Å²) in [6.07, 6.45) is -2.64. The van der Waals surface area contributed by atoms with E-state index in [0.29, 0.717) is 50.4 Å². The van der Waals surface area contributed by atoms with Crippen molar-refractivity contribution in [2.45, 2.75) is 26.6 Å². The van der Waals surface area contributed by atoms with Crippen molar-refractivity contribution in [3.63, 3.8) is 0 Å². The summed E-state index contributed by atoms with van der Waals surface area (Å²) < 4.78 is 62.0. The summed E-state index contributed by atoms with van der Waals surface area (Å²) in [4.78, 5) is 33.4. The van der Waals surface area contributed by atoms with Gasteiger partial charge in [0.1, 0.15) is 11.4 Å². The van der Waals surface area contributed by atoms with Crippen molar-refractivity contribution >= 4 is 34.0 Å².